The van der Waals surface area contributed by atoms with Crippen LogP contribution in [0.25, 0.3) is 0 Å². The van der Waals surface area contributed by atoms with Gasteiger partial charge in [0.25, 0.3) is 11.8 Å². The Morgan fingerprint density at radius 2 is 1.60 bits per heavy atom. The van der Waals surface area contributed by atoms with Crippen LogP contribution in [-0.4, -0.2) is 29.2 Å². The average molecular weight is 336 g/mol. The number of hydrogen-bond donors (Lipinski definition) is 1. The molecule has 0 radical (unpaired) electrons. The number of carbonyl (C=O) groups is 3. The van der Waals surface area contributed by atoms with Crippen LogP contribution in [0.2, 0.25) is 0 Å². The Hall–Kier alpha value is -2.95. The van der Waals surface area contributed by atoms with Crippen molar-refractivity contribution in [3.8, 4) is 0 Å². The van der Waals surface area contributed by atoms with Crippen LogP contribution in [0.5, 0.6) is 0 Å². The molecule has 2 aromatic rings. The van der Waals surface area contributed by atoms with E-state index in [-0.39, 0.29) is 30.7 Å². The lowest BCUT2D eigenvalue weighted by Crippen LogP contribution is -2.33. The van der Waals surface area contributed by atoms with Gasteiger partial charge in [-0.25, -0.2) is 0 Å². The first-order valence-corrected chi connectivity index (χ1v) is 8.21. The van der Waals surface area contributed by atoms with Crippen LogP contribution >= 0.6 is 0 Å². The number of hydrogen-bond acceptors (Lipinski definition) is 3. The SMILES string of the molecule is Cc1ccc2c(c1)C(=O)N(CCC(=O)Nc1c(C)cccc1C)C2=O. The Balaban J connectivity index is 1.67. The summed E-state index contributed by atoms with van der Waals surface area (Å²) >= 11 is 0. The standard InChI is InChI=1S/C20H20N2O3/c1-12-7-8-15-16(11-12)20(25)22(19(15)24)10-9-17(23)21-18-13(2)5-4-6-14(18)3/h4-8,11H,9-10H2,1-3H3,(H,21,23). The molecule has 5 nitrogen and oxygen atoms in total. The van der Waals surface area contributed by atoms with Crippen molar-refractivity contribution < 1.29 is 14.4 Å². The minimum absolute atomic E-state index is 0.0677. The van der Waals surface area contributed by atoms with E-state index in [0.29, 0.717) is 11.1 Å². The fourth-order valence-electron chi connectivity index (χ4n) is 3.03. The fraction of sp³-hybridized carbons (Fsp3) is 0.250. The number of para-hydroxylation sites is 1. The van der Waals surface area contributed by atoms with E-state index in [1.165, 1.54) is 0 Å². The number of amides is 3. The molecule has 0 bridgehead atoms. The molecule has 0 atom stereocenters. The Kier molecular flexibility index (Phi) is 4.40. The summed E-state index contributed by atoms with van der Waals surface area (Å²) in [4.78, 5) is 38.2. The number of carbonyl (C=O) groups excluding carboxylic acids is 3. The number of benzene rings is 2. The van der Waals surface area contributed by atoms with Gasteiger partial charge >= 0.3 is 0 Å². The van der Waals surface area contributed by atoms with Crippen LogP contribution in [0.1, 0.15) is 43.8 Å². The summed E-state index contributed by atoms with van der Waals surface area (Å²) in [6.07, 6.45) is 0.0677. The summed E-state index contributed by atoms with van der Waals surface area (Å²) in [6.45, 7) is 5.80. The number of nitrogens with one attached hydrogen (secondary N) is 1. The van der Waals surface area contributed by atoms with Crippen LogP contribution in [0.15, 0.2) is 36.4 Å². The second-order valence-electron chi connectivity index (χ2n) is 6.38. The molecule has 1 aliphatic heterocycles. The lowest BCUT2D eigenvalue weighted by molar-refractivity contribution is -0.116. The molecule has 3 amide bonds. The molecule has 1 aliphatic rings. The fourth-order valence-corrected chi connectivity index (χ4v) is 3.03. The van der Waals surface area contributed by atoms with Crippen molar-refractivity contribution in [2.75, 3.05) is 11.9 Å². The van der Waals surface area contributed by atoms with E-state index >= 15 is 0 Å². The van der Waals surface area contributed by atoms with Gasteiger partial charge in [0.05, 0.1) is 11.1 Å². The molecule has 0 saturated heterocycles. The predicted molar refractivity (Wildman–Crippen MR) is 95.7 cm³/mol. The summed E-state index contributed by atoms with van der Waals surface area (Å²) in [5.41, 5.74) is 4.49. The number of fused-ring (bicyclic) bond motifs is 1. The maximum Gasteiger partial charge on any atom is 0.261 e. The molecule has 0 unspecified atom stereocenters. The lowest BCUT2D eigenvalue weighted by atomic mass is 10.1. The number of anilines is 1. The quantitative estimate of drug-likeness (QED) is 0.872. The van der Waals surface area contributed by atoms with Crippen molar-refractivity contribution in [1.82, 2.24) is 4.90 Å². The van der Waals surface area contributed by atoms with Crippen LogP contribution in [-0.2, 0) is 4.79 Å². The zero-order valence-corrected chi connectivity index (χ0v) is 14.6. The Morgan fingerprint density at radius 1 is 0.960 bits per heavy atom. The summed E-state index contributed by atoms with van der Waals surface area (Å²) < 4.78 is 0. The predicted octanol–water partition coefficient (Wildman–Crippen LogP) is 3.24. The van der Waals surface area contributed by atoms with E-state index < -0.39 is 0 Å². The normalized spacial score (nSPS) is 13.2. The van der Waals surface area contributed by atoms with Gasteiger partial charge in [0.15, 0.2) is 0 Å². The van der Waals surface area contributed by atoms with E-state index in [9.17, 15) is 14.4 Å². The maximum absolute atomic E-state index is 12.4. The first-order chi connectivity index (χ1) is 11.9. The third kappa shape index (κ3) is 3.18. The zero-order chi connectivity index (χ0) is 18.1. The smallest absolute Gasteiger partial charge is 0.261 e. The minimum Gasteiger partial charge on any atom is -0.326 e. The van der Waals surface area contributed by atoms with Crippen molar-refractivity contribution in [2.24, 2.45) is 0 Å². The van der Waals surface area contributed by atoms with E-state index in [1.54, 1.807) is 18.2 Å². The Morgan fingerprint density at radius 3 is 2.28 bits per heavy atom. The number of rotatable bonds is 4. The first kappa shape index (κ1) is 16.9. The van der Waals surface area contributed by atoms with Gasteiger partial charge in [0.1, 0.15) is 0 Å². The Labute approximate surface area is 146 Å². The summed E-state index contributed by atoms with van der Waals surface area (Å²) in [7, 11) is 0. The summed E-state index contributed by atoms with van der Waals surface area (Å²) in [5.74, 6) is -0.881. The average Bonchev–Trinajstić information content (AvgIpc) is 2.80. The van der Waals surface area contributed by atoms with Crippen LogP contribution in [0, 0.1) is 20.8 Å². The molecular weight excluding hydrogens is 316 g/mol. The molecule has 0 saturated carbocycles. The number of imide groups is 1. The maximum atomic E-state index is 12.4. The third-order valence-corrected chi connectivity index (χ3v) is 4.43. The molecule has 1 N–H and O–H groups in total. The molecule has 0 spiro atoms. The molecule has 128 valence electrons. The van der Waals surface area contributed by atoms with Crippen LogP contribution in [0.4, 0.5) is 5.69 Å². The second kappa shape index (κ2) is 6.51. The van der Waals surface area contributed by atoms with E-state index in [1.807, 2.05) is 39.0 Å². The highest BCUT2D eigenvalue weighted by Crippen LogP contribution is 2.24. The summed E-state index contributed by atoms with van der Waals surface area (Å²) in [5, 5.41) is 2.87. The van der Waals surface area contributed by atoms with Crippen LogP contribution in [0.3, 0.4) is 0 Å². The van der Waals surface area contributed by atoms with Crippen LogP contribution < -0.4 is 5.32 Å². The van der Waals surface area contributed by atoms with Gasteiger partial charge in [0.2, 0.25) is 5.91 Å². The van der Waals surface area contributed by atoms with Gasteiger partial charge in [-0.2, -0.15) is 0 Å². The monoisotopic (exact) mass is 336 g/mol. The van der Waals surface area contributed by atoms with Gasteiger partial charge in [-0.05, 0) is 44.0 Å². The highest BCUT2D eigenvalue weighted by molar-refractivity contribution is 6.21. The molecule has 5 heteroatoms. The van der Waals surface area contributed by atoms with Gasteiger partial charge in [-0.15, -0.1) is 0 Å². The van der Waals surface area contributed by atoms with E-state index in [0.717, 1.165) is 27.3 Å². The first-order valence-electron chi connectivity index (χ1n) is 8.21. The van der Waals surface area contributed by atoms with Gasteiger partial charge in [0, 0.05) is 18.7 Å². The molecule has 3 rings (SSSR count). The summed E-state index contributed by atoms with van der Waals surface area (Å²) in [6, 6.07) is 11.0. The van der Waals surface area contributed by atoms with Crippen molar-refractivity contribution in [3.63, 3.8) is 0 Å². The van der Waals surface area contributed by atoms with Crippen molar-refractivity contribution in [2.45, 2.75) is 27.2 Å². The van der Waals surface area contributed by atoms with E-state index in [2.05, 4.69) is 5.32 Å². The molecular formula is C20H20N2O3. The number of nitrogens with zero attached hydrogens (tertiary/aromatic N) is 1. The van der Waals surface area contributed by atoms with Crippen molar-refractivity contribution >= 4 is 23.4 Å². The lowest BCUT2D eigenvalue weighted by Gasteiger charge is -2.15. The van der Waals surface area contributed by atoms with Gasteiger partial charge < -0.3 is 5.32 Å². The van der Waals surface area contributed by atoms with Crippen molar-refractivity contribution in [3.05, 3.63) is 64.2 Å². The molecule has 1 heterocycles. The topological polar surface area (TPSA) is 66.5 Å². The molecule has 0 fully saturated rings. The molecule has 0 aromatic heterocycles. The minimum atomic E-state index is -0.333. The second-order valence-corrected chi connectivity index (χ2v) is 6.38. The van der Waals surface area contributed by atoms with Crippen molar-refractivity contribution in [1.29, 1.82) is 0 Å². The Bertz CT molecular complexity index is 866. The molecule has 0 aliphatic carbocycles. The highest BCUT2D eigenvalue weighted by atomic mass is 16.2. The number of aryl methyl sites for hydroxylation is 3. The zero-order valence-electron chi connectivity index (χ0n) is 14.6. The van der Waals surface area contributed by atoms with Gasteiger partial charge in [-0.1, -0.05) is 29.8 Å². The molecule has 25 heavy (non-hydrogen) atoms. The third-order valence-electron chi connectivity index (χ3n) is 4.43. The van der Waals surface area contributed by atoms with Gasteiger partial charge in [-0.3, -0.25) is 19.3 Å². The highest BCUT2D eigenvalue weighted by Gasteiger charge is 2.35. The van der Waals surface area contributed by atoms with E-state index in [4.69, 9.17) is 0 Å². The molecule has 2 aromatic carbocycles. The largest absolute Gasteiger partial charge is 0.326 e.